The number of nitrogens with zero attached hydrogens (tertiary/aromatic N) is 3. The molecule has 1 aliphatic rings. The van der Waals surface area contributed by atoms with Crippen LogP contribution in [0.1, 0.15) is 11.3 Å². The second-order valence-corrected chi connectivity index (χ2v) is 8.55. The molecule has 136 valence electrons. The van der Waals surface area contributed by atoms with Gasteiger partial charge in [-0.2, -0.15) is 11.8 Å². The van der Waals surface area contributed by atoms with Crippen molar-refractivity contribution >= 4 is 39.7 Å². The highest BCUT2D eigenvalue weighted by molar-refractivity contribution is 7.99. The number of benzene rings is 1. The molecule has 0 aliphatic carbocycles. The van der Waals surface area contributed by atoms with Crippen LogP contribution in [0.25, 0.3) is 4.96 Å². The van der Waals surface area contributed by atoms with Crippen molar-refractivity contribution in [2.24, 2.45) is 0 Å². The minimum atomic E-state index is -0.0330. The van der Waals surface area contributed by atoms with E-state index in [1.165, 1.54) is 30.2 Å². The zero-order valence-corrected chi connectivity index (χ0v) is 16.2. The number of amides is 1. The lowest BCUT2D eigenvalue weighted by Crippen LogP contribution is -2.34. The quantitative estimate of drug-likeness (QED) is 0.707. The molecule has 0 unspecified atom stereocenters. The summed E-state index contributed by atoms with van der Waals surface area (Å²) in [4.78, 5) is 20.1. The highest BCUT2D eigenvalue weighted by Crippen LogP contribution is 2.15. The molecule has 2 aromatic heterocycles. The number of nitrogens with one attached hydrogen (secondary N) is 1. The van der Waals surface area contributed by atoms with E-state index in [1.54, 1.807) is 11.3 Å². The summed E-state index contributed by atoms with van der Waals surface area (Å²) >= 11 is 3.61. The number of imidazole rings is 1. The third-order valence-electron chi connectivity index (χ3n) is 4.54. The first-order valence-corrected chi connectivity index (χ1v) is 10.9. The van der Waals surface area contributed by atoms with Gasteiger partial charge in [0.1, 0.15) is 0 Å². The van der Waals surface area contributed by atoms with Gasteiger partial charge in [0.05, 0.1) is 12.1 Å². The average Bonchev–Trinajstić information content (AvgIpc) is 3.23. The number of carbonyl (C=O) groups is 1. The minimum Gasteiger partial charge on any atom is -0.326 e. The Bertz CT molecular complexity index is 837. The van der Waals surface area contributed by atoms with Crippen molar-refractivity contribution in [2.75, 3.05) is 36.5 Å². The van der Waals surface area contributed by atoms with Gasteiger partial charge in [0.2, 0.25) is 5.91 Å². The Kier molecular flexibility index (Phi) is 5.57. The van der Waals surface area contributed by atoms with Crippen LogP contribution in [0, 0.1) is 0 Å². The zero-order valence-electron chi connectivity index (χ0n) is 14.6. The van der Waals surface area contributed by atoms with Crippen molar-refractivity contribution in [1.82, 2.24) is 14.3 Å². The molecule has 3 aromatic rings. The molecule has 0 atom stereocenters. The molecule has 1 amide bonds. The van der Waals surface area contributed by atoms with Crippen LogP contribution in [0.3, 0.4) is 0 Å². The molecule has 1 N–H and O–H groups in total. The van der Waals surface area contributed by atoms with Gasteiger partial charge in [-0.15, -0.1) is 11.3 Å². The Hall–Kier alpha value is -1.83. The maximum Gasteiger partial charge on any atom is 0.230 e. The molecule has 26 heavy (non-hydrogen) atoms. The number of hydrogen-bond donors (Lipinski definition) is 1. The number of hydrogen-bond acceptors (Lipinski definition) is 5. The minimum absolute atomic E-state index is 0.0330. The lowest BCUT2D eigenvalue weighted by molar-refractivity contribution is -0.115. The van der Waals surface area contributed by atoms with Gasteiger partial charge < -0.3 is 10.2 Å². The third-order valence-corrected chi connectivity index (χ3v) is 6.26. The SMILES string of the molecule is O=C(Cc1cn2ccsc2n1)Nc1ccc(CCN2CCSCC2)cc1. The zero-order chi connectivity index (χ0) is 17.8. The van der Waals surface area contributed by atoms with E-state index in [-0.39, 0.29) is 5.91 Å². The Balaban J connectivity index is 1.27. The van der Waals surface area contributed by atoms with Crippen LogP contribution in [0.15, 0.2) is 42.0 Å². The molecule has 1 fully saturated rings. The van der Waals surface area contributed by atoms with Crippen molar-refractivity contribution in [1.29, 1.82) is 0 Å². The van der Waals surface area contributed by atoms with E-state index in [4.69, 9.17) is 0 Å². The van der Waals surface area contributed by atoms with Gasteiger partial charge in [0, 0.05) is 54.6 Å². The Morgan fingerprint density at radius 2 is 2.00 bits per heavy atom. The van der Waals surface area contributed by atoms with Gasteiger partial charge in [-0.05, 0) is 24.1 Å². The van der Waals surface area contributed by atoms with E-state index in [9.17, 15) is 4.79 Å². The van der Waals surface area contributed by atoms with Crippen LogP contribution < -0.4 is 5.32 Å². The number of thiazole rings is 1. The van der Waals surface area contributed by atoms with Crippen LogP contribution in [-0.4, -0.2) is 51.3 Å². The number of carbonyl (C=O) groups excluding carboxylic acids is 1. The van der Waals surface area contributed by atoms with Crippen molar-refractivity contribution in [2.45, 2.75) is 12.8 Å². The van der Waals surface area contributed by atoms with E-state index in [0.29, 0.717) is 6.42 Å². The molecule has 1 saturated heterocycles. The number of fused-ring (bicyclic) bond motifs is 1. The summed E-state index contributed by atoms with van der Waals surface area (Å²) in [5.74, 6) is 2.47. The fourth-order valence-electron chi connectivity index (χ4n) is 3.10. The number of rotatable bonds is 6. The van der Waals surface area contributed by atoms with Crippen LogP contribution >= 0.6 is 23.1 Å². The average molecular weight is 387 g/mol. The van der Waals surface area contributed by atoms with Gasteiger partial charge >= 0.3 is 0 Å². The third kappa shape index (κ3) is 4.47. The first-order chi connectivity index (χ1) is 12.8. The van der Waals surface area contributed by atoms with E-state index in [0.717, 1.165) is 29.3 Å². The lowest BCUT2D eigenvalue weighted by Gasteiger charge is -2.26. The molecule has 3 heterocycles. The number of thioether (sulfide) groups is 1. The second-order valence-electron chi connectivity index (χ2n) is 6.45. The molecule has 7 heteroatoms. The summed E-state index contributed by atoms with van der Waals surface area (Å²) < 4.78 is 1.95. The highest BCUT2D eigenvalue weighted by Gasteiger charge is 2.11. The first-order valence-electron chi connectivity index (χ1n) is 8.86. The van der Waals surface area contributed by atoms with Gasteiger partial charge in [0.15, 0.2) is 4.96 Å². The Morgan fingerprint density at radius 1 is 1.19 bits per heavy atom. The molecule has 0 radical (unpaired) electrons. The largest absolute Gasteiger partial charge is 0.326 e. The number of aromatic nitrogens is 2. The van der Waals surface area contributed by atoms with E-state index in [2.05, 4.69) is 27.3 Å². The first kappa shape index (κ1) is 17.6. The summed E-state index contributed by atoms with van der Waals surface area (Å²) in [6, 6.07) is 8.21. The lowest BCUT2D eigenvalue weighted by atomic mass is 10.1. The monoisotopic (exact) mass is 386 g/mol. The maximum absolute atomic E-state index is 12.2. The molecule has 0 spiro atoms. The molecule has 5 nitrogen and oxygen atoms in total. The maximum atomic E-state index is 12.2. The normalized spacial score (nSPS) is 15.4. The van der Waals surface area contributed by atoms with E-state index in [1.807, 2.05) is 46.1 Å². The molecular weight excluding hydrogens is 364 g/mol. The molecular formula is C19H22N4OS2. The van der Waals surface area contributed by atoms with Gasteiger partial charge in [-0.1, -0.05) is 12.1 Å². The van der Waals surface area contributed by atoms with Crippen molar-refractivity contribution in [3.05, 3.63) is 53.3 Å². The summed E-state index contributed by atoms with van der Waals surface area (Å²) in [6.07, 6.45) is 5.22. The topological polar surface area (TPSA) is 49.6 Å². The van der Waals surface area contributed by atoms with Crippen molar-refractivity contribution in [3.63, 3.8) is 0 Å². The summed E-state index contributed by atoms with van der Waals surface area (Å²) in [5, 5.41) is 4.95. The number of anilines is 1. The van der Waals surface area contributed by atoms with Crippen LogP contribution in [0.5, 0.6) is 0 Å². The van der Waals surface area contributed by atoms with Crippen LogP contribution in [-0.2, 0) is 17.6 Å². The van der Waals surface area contributed by atoms with Gasteiger partial charge in [-0.25, -0.2) is 4.98 Å². The Labute approximate surface area is 161 Å². The Morgan fingerprint density at radius 3 is 2.77 bits per heavy atom. The van der Waals surface area contributed by atoms with Gasteiger partial charge in [0.25, 0.3) is 0 Å². The molecule has 1 aliphatic heterocycles. The molecule has 0 bridgehead atoms. The predicted molar refractivity (Wildman–Crippen MR) is 109 cm³/mol. The van der Waals surface area contributed by atoms with Crippen molar-refractivity contribution in [3.8, 4) is 0 Å². The fourth-order valence-corrected chi connectivity index (χ4v) is 4.80. The van der Waals surface area contributed by atoms with Gasteiger partial charge in [-0.3, -0.25) is 9.20 Å². The molecule has 1 aromatic carbocycles. The highest BCUT2D eigenvalue weighted by atomic mass is 32.2. The van der Waals surface area contributed by atoms with Crippen LogP contribution in [0.4, 0.5) is 5.69 Å². The summed E-state index contributed by atoms with van der Waals surface area (Å²) in [6.45, 7) is 3.51. The molecule has 4 rings (SSSR count). The van der Waals surface area contributed by atoms with Crippen LogP contribution in [0.2, 0.25) is 0 Å². The van der Waals surface area contributed by atoms with E-state index < -0.39 is 0 Å². The smallest absolute Gasteiger partial charge is 0.230 e. The standard InChI is InChI=1S/C19H22N4OS2/c24-18(13-17-14-23-9-12-26-19(23)21-17)20-16-3-1-15(2-4-16)5-6-22-7-10-25-11-8-22/h1-4,9,12,14H,5-8,10-11,13H2,(H,20,24). The van der Waals surface area contributed by atoms with E-state index >= 15 is 0 Å². The predicted octanol–water partition coefficient (Wildman–Crippen LogP) is 3.17. The molecule has 0 saturated carbocycles. The fraction of sp³-hybridized carbons (Fsp3) is 0.368. The second kappa shape index (κ2) is 8.24. The van der Waals surface area contributed by atoms with Crippen molar-refractivity contribution < 1.29 is 4.79 Å². The summed E-state index contributed by atoms with van der Waals surface area (Å²) in [5.41, 5.74) is 2.95. The summed E-state index contributed by atoms with van der Waals surface area (Å²) in [7, 11) is 0.